The Balaban J connectivity index is 1.50. The predicted molar refractivity (Wildman–Crippen MR) is 103 cm³/mol. The summed E-state index contributed by atoms with van der Waals surface area (Å²) in [5, 5.41) is 13.2. The standard InChI is InChI=1S/C19H17ClN2O7/c1-11(19(24)21-15-5-4-13(22(25)26)9-14(15)20)29-18(23)7-3-12-2-6-16-17(8-12)28-10-27-16/h2,4-6,8-9,11H,3,7,10H2,1H3,(H,21,24). The van der Waals surface area contributed by atoms with E-state index in [9.17, 15) is 19.7 Å². The Morgan fingerprint density at radius 3 is 2.72 bits per heavy atom. The van der Waals surface area contributed by atoms with Crippen molar-refractivity contribution in [2.45, 2.75) is 25.9 Å². The van der Waals surface area contributed by atoms with Crippen LogP contribution in [-0.2, 0) is 20.7 Å². The molecule has 1 heterocycles. The van der Waals surface area contributed by atoms with Gasteiger partial charge < -0.3 is 19.5 Å². The van der Waals surface area contributed by atoms with E-state index < -0.39 is 22.9 Å². The summed E-state index contributed by atoms with van der Waals surface area (Å²) in [5.41, 5.74) is 0.863. The minimum atomic E-state index is -1.06. The number of carbonyl (C=O) groups excluding carboxylic acids is 2. The highest BCUT2D eigenvalue weighted by molar-refractivity contribution is 6.34. The van der Waals surface area contributed by atoms with Gasteiger partial charge in [0.2, 0.25) is 6.79 Å². The van der Waals surface area contributed by atoms with Crippen LogP contribution in [0.5, 0.6) is 11.5 Å². The number of halogens is 1. The molecule has 0 saturated carbocycles. The molecule has 3 rings (SSSR count). The smallest absolute Gasteiger partial charge is 0.306 e. The molecule has 1 amide bonds. The summed E-state index contributed by atoms with van der Waals surface area (Å²) in [6.45, 7) is 1.60. The second kappa shape index (κ2) is 8.78. The van der Waals surface area contributed by atoms with E-state index >= 15 is 0 Å². The molecule has 1 unspecified atom stereocenters. The van der Waals surface area contributed by atoms with E-state index in [0.717, 1.165) is 11.6 Å². The molecule has 0 fully saturated rings. The Morgan fingerprint density at radius 2 is 2.00 bits per heavy atom. The first kappa shape index (κ1) is 20.4. The van der Waals surface area contributed by atoms with Gasteiger partial charge in [0.15, 0.2) is 17.6 Å². The maximum absolute atomic E-state index is 12.2. The van der Waals surface area contributed by atoms with Crippen LogP contribution in [0.1, 0.15) is 18.9 Å². The Kier molecular flexibility index (Phi) is 6.18. The average Bonchev–Trinajstić information content (AvgIpc) is 3.15. The summed E-state index contributed by atoms with van der Waals surface area (Å²) in [6, 6.07) is 9.04. The number of amides is 1. The molecule has 1 atom stereocenters. The lowest BCUT2D eigenvalue weighted by molar-refractivity contribution is -0.384. The summed E-state index contributed by atoms with van der Waals surface area (Å²) in [6.07, 6.45) is -0.571. The van der Waals surface area contributed by atoms with Gasteiger partial charge in [0.05, 0.1) is 15.6 Å². The Morgan fingerprint density at radius 1 is 1.24 bits per heavy atom. The fraction of sp³-hybridized carbons (Fsp3) is 0.263. The second-order valence-corrected chi connectivity index (χ2v) is 6.64. The predicted octanol–water partition coefficient (Wildman–Crippen LogP) is 3.48. The normalized spacial score (nSPS) is 12.9. The SMILES string of the molecule is CC(OC(=O)CCc1ccc2c(c1)OCO2)C(=O)Nc1ccc([N+](=O)[O-])cc1Cl. The Bertz CT molecular complexity index is 964. The number of esters is 1. The third kappa shape index (κ3) is 5.14. The van der Waals surface area contributed by atoms with Crippen LogP contribution in [-0.4, -0.2) is 29.7 Å². The number of rotatable bonds is 7. The molecule has 29 heavy (non-hydrogen) atoms. The van der Waals surface area contributed by atoms with Crippen molar-refractivity contribution in [1.29, 1.82) is 0 Å². The Hall–Kier alpha value is -3.33. The summed E-state index contributed by atoms with van der Waals surface area (Å²) in [5.74, 6) is 0.146. The van der Waals surface area contributed by atoms with Crippen LogP contribution >= 0.6 is 11.6 Å². The number of benzene rings is 2. The van der Waals surface area contributed by atoms with E-state index in [0.29, 0.717) is 17.9 Å². The maximum atomic E-state index is 12.2. The largest absolute Gasteiger partial charge is 0.454 e. The second-order valence-electron chi connectivity index (χ2n) is 6.23. The first-order valence-corrected chi connectivity index (χ1v) is 9.04. The number of nitro benzene ring substituents is 1. The van der Waals surface area contributed by atoms with Crippen LogP contribution in [0.3, 0.4) is 0 Å². The molecule has 152 valence electrons. The molecule has 9 nitrogen and oxygen atoms in total. The number of nitrogens with one attached hydrogen (secondary N) is 1. The molecule has 0 bridgehead atoms. The third-order valence-electron chi connectivity index (χ3n) is 4.15. The molecule has 1 aliphatic rings. The van der Waals surface area contributed by atoms with Gasteiger partial charge in [-0.2, -0.15) is 0 Å². The van der Waals surface area contributed by atoms with E-state index in [4.69, 9.17) is 25.8 Å². The van der Waals surface area contributed by atoms with E-state index in [-0.39, 0.29) is 29.6 Å². The minimum absolute atomic E-state index is 0.00823. The van der Waals surface area contributed by atoms with E-state index in [1.807, 2.05) is 6.07 Å². The van der Waals surface area contributed by atoms with E-state index in [2.05, 4.69) is 5.32 Å². The van der Waals surface area contributed by atoms with Gasteiger partial charge >= 0.3 is 5.97 Å². The molecular formula is C19H17ClN2O7. The molecule has 0 radical (unpaired) electrons. The highest BCUT2D eigenvalue weighted by Crippen LogP contribution is 2.32. The number of fused-ring (bicyclic) bond motifs is 1. The van der Waals surface area contributed by atoms with Gasteiger partial charge in [-0.25, -0.2) is 0 Å². The fourth-order valence-corrected chi connectivity index (χ4v) is 2.83. The van der Waals surface area contributed by atoms with Gasteiger partial charge in [-0.15, -0.1) is 0 Å². The van der Waals surface area contributed by atoms with E-state index in [1.54, 1.807) is 12.1 Å². The lowest BCUT2D eigenvalue weighted by Gasteiger charge is -2.14. The maximum Gasteiger partial charge on any atom is 0.306 e. The Labute approximate surface area is 170 Å². The van der Waals surface area contributed by atoms with Crippen LogP contribution in [0.4, 0.5) is 11.4 Å². The lowest BCUT2D eigenvalue weighted by atomic mass is 10.1. The van der Waals surface area contributed by atoms with Crippen molar-refractivity contribution in [3.63, 3.8) is 0 Å². The number of hydrogen-bond acceptors (Lipinski definition) is 7. The molecule has 0 aliphatic carbocycles. The fourth-order valence-electron chi connectivity index (χ4n) is 2.61. The van der Waals surface area contributed by atoms with Crippen molar-refractivity contribution in [3.05, 3.63) is 57.1 Å². The van der Waals surface area contributed by atoms with Crippen molar-refractivity contribution in [1.82, 2.24) is 0 Å². The molecule has 2 aromatic rings. The van der Waals surface area contributed by atoms with Crippen LogP contribution in [0, 0.1) is 10.1 Å². The highest BCUT2D eigenvalue weighted by Gasteiger charge is 2.20. The molecular weight excluding hydrogens is 404 g/mol. The van der Waals surface area contributed by atoms with Crippen LogP contribution < -0.4 is 14.8 Å². The average molecular weight is 421 g/mol. The zero-order valence-electron chi connectivity index (χ0n) is 15.3. The van der Waals surface area contributed by atoms with Crippen molar-refractivity contribution >= 4 is 34.9 Å². The summed E-state index contributed by atoms with van der Waals surface area (Å²) >= 11 is 5.94. The first-order valence-electron chi connectivity index (χ1n) is 8.66. The first-order chi connectivity index (χ1) is 13.8. The van der Waals surface area contributed by atoms with E-state index in [1.165, 1.54) is 19.1 Å². The number of aryl methyl sites for hydroxylation is 1. The van der Waals surface area contributed by atoms with Crippen LogP contribution in [0.15, 0.2) is 36.4 Å². The van der Waals surface area contributed by atoms with Crippen molar-refractivity contribution in [2.24, 2.45) is 0 Å². The highest BCUT2D eigenvalue weighted by atomic mass is 35.5. The van der Waals surface area contributed by atoms with Crippen molar-refractivity contribution in [3.8, 4) is 11.5 Å². The zero-order valence-corrected chi connectivity index (χ0v) is 16.1. The monoisotopic (exact) mass is 420 g/mol. The van der Waals surface area contributed by atoms with Gasteiger partial charge in [0.25, 0.3) is 11.6 Å². The van der Waals surface area contributed by atoms with Gasteiger partial charge in [0.1, 0.15) is 0 Å². The third-order valence-corrected chi connectivity index (χ3v) is 4.47. The quantitative estimate of drug-likeness (QED) is 0.414. The molecule has 10 heteroatoms. The number of nitrogens with zero attached hydrogens (tertiary/aromatic N) is 1. The molecule has 1 N–H and O–H groups in total. The summed E-state index contributed by atoms with van der Waals surface area (Å²) in [7, 11) is 0. The van der Waals surface area contributed by atoms with Crippen molar-refractivity contribution < 1.29 is 28.7 Å². The van der Waals surface area contributed by atoms with Gasteiger partial charge in [-0.3, -0.25) is 19.7 Å². The number of ether oxygens (including phenoxy) is 3. The molecule has 0 spiro atoms. The lowest BCUT2D eigenvalue weighted by Crippen LogP contribution is -2.30. The molecule has 2 aromatic carbocycles. The summed E-state index contributed by atoms with van der Waals surface area (Å²) in [4.78, 5) is 34.4. The number of hydrogen-bond donors (Lipinski definition) is 1. The zero-order chi connectivity index (χ0) is 21.0. The minimum Gasteiger partial charge on any atom is -0.454 e. The molecule has 0 aromatic heterocycles. The van der Waals surface area contributed by atoms with Crippen molar-refractivity contribution in [2.75, 3.05) is 12.1 Å². The number of carbonyl (C=O) groups is 2. The topological polar surface area (TPSA) is 117 Å². The molecule has 1 aliphatic heterocycles. The van der Waals surface area contributed by atoms with Gasteiger partial charge in [-0.05, 0) is 37.1 Å². The van der Waals surface area contributed by atoms with Crippen LogP contribution in [0.2, 0.25) is 5.02 Å². The number of non-ortho nitro benzene ring substituents is 1. The van der Waals surface area contributed by atoms with Gasteiger partial charge in [0, 0.05) is 18.6 Å². The summed E-state index contributed by atoms with van der Waals surface area (Å²) < 4.78 is 15.7. The molecule has 0 saturated heterocycles. The van der Waals surface area contributed by atoms with Crippen LogP contribution in [0.25, 0.3) is 0 Å². The number of anilines is 1. The van der Waals surface area contributed by atoms with Gasteiger partial charge in [-0.1, -0.05) is 17.7 Å². The number of nitro groups is 1.